The lowest BCUT2D eigenvalue weighted by Crippen LogP contribution is -2.25. The standard InChI is InChI=1S/C10H18N4/c1-4-7(2)12-5-9-6-13-8(3)14-10(9)11/h6-7,12H,4-5H2,1-3H3,(H2,11,13,14). The Morgan fingerprint density at radius 2 is 2.29 bits per heavy atom. The summed E-state index contributed by atoms with van der Waals surface area (Å²) in [5, 5.41) is 3.35. The second-order valence-electron chi connectivity index (χ2n) is 3.52. The minimum Gasteiger partial charge on any atom is -0.383 e. The Bertz CT molecular complexity index is 298. The summed E-state index contributed by atoms with van der Waals surface area (Å²) < 4.78 is 0. The van der Waals surface area contributed by atoms with Crippen LogP contribution in [0.3, 0.4) is 0 Å². The van der Waals surface area contributed by atoms with E-state index in [0.29, 0.717) is 11.9 Å². The maximum Gasteiger partial charge on any atom is 0.131 e. The molecule has 0 saturated heterocycles. The first kappa shape index (κ1) is 10.9. The third-order valence-electron chi connectivity index (χ3n) is 2.27. The van der Waals surface area contributed by atoms with E-state index in [9.17, 15) is 0 Å². The quantitative estimate of drug-likeness (QED) is 0.757. The zero-order valence-corrected chi connectivity index (χ0v) is 9.04. The van der Waals surface area contributed by atoms with E-state index in [4.69, 9.17) is 5.73 Å². The Kier molecular flexibility index (Phi) is 3.83. The summed E-state index contributed by atoms with van der Waals surface area (Å²) in [6.45, 7) is 6.86. The van der Waals surface area contributed by atoms with Crippen LogP contribution in [0.5, 0.6) is 0 Å². The molecule has 0 spiro atoms. The van der Waals surface area contributed by atoms with Crippen molar-refractivity contribution in [3.8, 4) is 0 Å². The summed E-state index contributed by atoms with van der Waals surface area (Å²) in [6.07, 6.45) is 2.89. The van der Waals surface area contributed by atoms with Crippen molar-refractivity contribution in [2.24, 2.45) is 0 Å². The highest BCUT2D eigenvalue weighted by Gasteiger charge is 2.03. The fourth-order valence-corrected chi connectivity index (χ4v) is 1.08. The minimum atomic E-state index is 0.496. The molecule has 1 aromatic heterocycles. The Balaban J connectivity index is 2.59. The van der Waals surface area contributed by atoms with E-state index in [0.717, 1.165) is 24.4 Å². The van der Waals surface area contributed by atoms with Gasteiger partial charge in [-0.15, -0.1) is 0 Å². The molecule has 0 saturated carbocycles. The summed E-state index contributed by atoms with van der Waals surface area (Å²) >= 11 is 0. The van der Waals surface area contributed by atoms with Gasteiger partial charge < -0.3 is 11.1 Å². The predicted molar refractivity (Wildman–Crippen MR) is 57.8 cm³/mol. The molecule has 1 aromatic rings. The maximum absolute atomic E-state index is 5.76. The van der Waals surface area contributed by atoms with Crippen molar-refractivity contribution in [2.45, 2.75) is 39.8 Å². The van der Waals surface area contributed by atoms with E-state index in [-0.39, 0.29) is 0 Å². The van der Waals surface area contributed by atoms with Gasteiger partial charge in [-0.3, -0.25) is 0 Å². The lowest BCUT2D eigenvalue weighted by molar-refractivity contribution is 0.533. The molecule has 78 valence electrons. The van der Waals surface area contributed by atoms with E-state index in [1.165, 1.54) is 0 Å². The molecule has 14 heavy (non-hydrogen) atoms. The van der Waals surface area contributed by atoms with E-state index >= 15 is 0 Å². The fraction of sp³-hybridized carbons (Fsp3) is 0.600. The van der Waals surface area contributed by atoms with Gasteiger partial charge in [-0.2, -0.15) is 0 Å². The highest BCUT2D eigenvalue weighted by molar-refractivity contribution is 5.37. The highest BCUT2D eigenvalue weighted by Crippen LogP contribution is 2.06. The number of nitrogens with zero attached hydrogens (tertiary/aromatic N) is 2. The van der Waals surface area contributed by atoms with Crippen molar-refractivity contribution >= 4 is 5.82 Å². The van der Waals surface area contributed by atoms with Crippen LogP contribution < -0.4 is 11.1 Å². The van der Waals surface area contributed by atoms with Crippen LogP contribution in [0.25, 0.3) is 0 Å². The van der Waals surface area contributed by atoms with Crippen LogP contribution in [-0.4, -0.2) is 16.0 Å². The minimum absolute atomic E-state index is 0.496. The molecule has 4 heteroatoms. The Morgan fingerprint density at radius 1 is 1.57 bits per heavy atom. The van der Waals surface area contributed by atoms with Crippen LogP contribution in [0, 0.1) is 6.92 Å². The lowest BCUT2D eigenvalue weighted by atomic mass is 10.2. The Hall–Kier alpha value is -1.16. The molecule has 0 fully saturated rings. The number of nitrogens with one attached hydrogen (secondary N) is 1. The molecule has 3 N–H and O–H groups in total. The molecule has 0 aliphatic heterocycles. The molecule has 1 heterocycles. The zero-order valence-electron chi connectivity index (χ0n) is 9.04. The van der Waals surface area contributed by atoms with Crippen LogP contribution in [0.2, 0.25) is 0 Å². The molecule has 1 rings (SSSR count). The van der Waals surface area contributed by atoms with Gasteiger partial charge in [0.05, 0.1) is 0 Å². The molecule has 4 nitrogen and oxygen atoms in total. The van der Waals surface area contributed by atoms with Crippen molar-refractivity contribution in [3.05, 3.63) is 17.6 Å². The number of aryl methyl sites for hydroxylation is 1. The van der Waals surface area contributed by atoms with Gasteiger partial charge in [-0.1, -0.05) is 6.92 Å². The first-order chi connectivity index (χ1) is 6.63. The molecule has 0 aromatic carbocycles. The van der Waals surface area contributed by atoms with Crippen LogP contribution in [-0.2, 0) is 6.54 Å². The van der Waals surface area contributed by atoms with Gasteiger partial charge in [0, 0.05) is 24.3 Å². The first-order valence-electron chi connectivity index (χ1n) is 4.94. The summed E-state index contributed by atoms with van der Waals surface area (Å²) in [5.74, 6) is 1.29. The number of hydrogen-bond donors (Lipinski definition) is 2. The average molecular weight is 194 g/mol. The van der Waals surface area contributed by atoms with Crippen LogP contribution in [0.1, 0.15) is 31.7 Å². The van der Waals surface area contributed by atoms with Gasteiger partial charge >= 0.3 is 0 Å². The average Bonchev–Trinajstić information content (AvgIpc) is 2.16. The number of nitrogens with two attached hydrogens (primary N) is 1. The normalized spacial score (nSPS) is 12.8. The largest absolute Gasteiger partial charge is 0.383 e. The molecule has 0 radical (unpaired) electrons. The summed E-state index contributed by atoms with van der Waals surface area (Å²) in [4.78, 5) is 8.22. The SMILES string of the molecule is CCC(C)NCc1cnc(C)nc1N. The van der Waals surface area contributed by atoms with E-state index in [2.05, 4.69) is 29.1 Å². The number of nitrogen functional groups attached to an aromatic ring is 1. The third-order valence-corrected chi connectivity index (χ3v) is 2.27. The van der Waals surface area contributed by atoms with E-state index in [1.54, 1.807) is 6.20 Å². The monoisotopic (exact) mass is 194 g/mol. The van der Waals surface area contributed by atoms with Crippen molar-refractivity contribution < 1.29 is 0 Å². The Labute approximate surface area is 85.0 Å². The first-order valence-corrected chi connectivity index (χ1v) is 4.94. The van der Waals surface area contributed by atoms with Crippen molar-refractivity contribution in [1.29, 1.82) is 0 Å². The molecular formula is C10H18N4. The maximum atomic E-state index is 5.76. The number of aromatic nitrogens is 2. The van der Waals surface area contributed by atoms with Gasteiger partial charge in [-0.05, 0) is 20.3 Å². The van der Waals surface area contributed by atoms with Crippen LogP contribution in [0.4, 0.5) is 5.82 Å². The van der Waals surface area contributed by atoms with Crippen molar-refractivity contribution in [3.63, 3.8) is 0 Å². The van der Waals surface area contributed by atoms with Gasteiger partial charge in [0.2, 0.25) is 0 Å². The number of hydrogen-bond acceptors (Lipinski definition) is 4. The summed E-state index contributed by atoms with van der Waals surface area (Å²) in [5.41, 5.74) is 6.73. The van der Waals surface area contributed by atoms with Gasteiger partial charge in [0.15, 0.2) is 0 Å². The summed E-state index contributed by atoms with van der Waals surface area (Å²) in [6, 6.07) is 0.496. The second-order valence-corrected chi connectivity index (χ2v) is 3.52. The van der Waals surface area contributed by atoms with Crippen molar-refractivity contribution in [2.75, 3.05) is 5.73 Å². The number of rotatable bonds is 4. The van der Waals surface area contributed by atoms with Crippen molar-refractivity contribution in [1.82, 2.24) is 15.3 Å². The fourth-order valence-electron chi connectivity index (χ4n) is 1.08. The third kappa shape index (κ3) is 2.96. The van der Waals surface area contributed by atoms with Crippen LogP contribution in [0.15, 0.2) is 6.20 Å². The van der Waals surface area contributed by atoms with Gasteiger partial charge in [0.1, 0.15) is 11.6 Å². The van der Waals surface area contributed by atoms with Crippen LogP contribution >= 0.6 is 0 Å². The highest BCUT2D eigenvalue weighted by atomic mass is 15.0. The lowest BCUT2D eigenvalue weighted by Gasteiger charge is -2.11. The van der Waals surface area contributed by atoms with Gasteiger partial charge in [-0.25, -0.2) is 9.97 Å². The molecule has 0 bridgehead atoms. The topological polar surface area (TPSA) is 63.8 Å². The Morgan fingerprint density at radius 3 is 2.86 bits per heavy atom. The molecule has 0 aliphatic rings. The van der Waals surface area contributed by atoms with Gasteiger partial charge in [0.25, 0.3) is 0 Å². The zero-order chi connectivity index (χ0) is 10.6. The molecule has 0 aliphatic carbocycles. The smallest absolute Gasteiger partial charge is 0.131 e. The molecule has 0 amide bonds. The predicted octanol–water partition coefficient (Wildman–Crippen LogP) is 1.26. The molecule has 1 unspecified atom stereocenters. The van der Waals surface area contributed by atoms with E-state index < -0.39 is 0 Å². The number of anilines is 1. The molecule has 1 atom stereocenters. The second kappa shape index (κ2) is 4.91. The summed E-state index contributed by atoms with van der Waals surface area (Å²) in [7, 11) is 0. The molecular weight excluding hydrogens is 176 g/mol. The van der Waals surface area contributed by atoms with E-state index in [1.807, 2.05) is 6.92 Å².